The summed E-state index contributed by atoms with van der Waals surface area (Å²) in [6, 6.07) is -0.661. The fourth-order valence-electron chi connectivity index (χ4n) is 0.882. The van der Waals surface area contributed by atoms with Gasteiger partial charge in [-0.1, -0.05) is 0 Å². The van der Waals surface area contributed by atoms with Gasteiger partial charge in [0.05, 0.1) is 11.8 Å². The summed E-state index contributed by atoms with van der Waals surface area (Å²) in [4.78, 5) is 10.9. The maximum atomic E-state index is 12.1. The number of aromatic nitrogens is 2. The number of nitrogens with zero attached hydrogens (tertiary/aromatic N) is 2. The normalized spacial score (nSPS) is 14.1. The van der Waals surface area contributed by atoms with Crippen molar-refractivity contribution in [2.24, 2.45) is 0 Å². The minimum Gasteiger partial charge on any atom is -0.298 e. The van der Waals surface area contributed by atoms with E-state index in [1.165, 1.54) is 13.8 Å². The van der Waals surface area contributed by atoms with Crippen LogP contribution in [0.3, 0.4) is 0 Å². The molecule has 0 saturated heterocycles. The zero-order chi connectivity index (χ0) is 10.9. The van der Waals surface area contributed by atoms with E-state index in [9.17, 15) is 18.0 Å². The summed E-state index contributed by atoms with van der Waals surface area (Å²) in [5.74, 6) is -0.234. The number of hydrogen-bond donors (Lipinski definition) is 0. The second kappa shape index (κ2) is 3.43. The van der Waals surface area contributed by atoms with Crippen molar-refractivity contribution in [3.63, 3.8) is 0 Å². The molecule has 1 aromatic heterocycles. The van der Waals surface area contributed by atoms with Crippen LogP contribution in [0.1, 0.15) is 25.5 Å². The highest BCUT2D eigenvalue weighted by molar-refractivity contribution is 5.79. The number of Topliss-reactive ketones (excluding diaryl/α,β-unsaturated/α-hetero) is 1. The van der Waals surface area contributed by atoms with Gasteiger partial charge in [-0.25, -0.2) is 0 Å². The molecule has 78 valence electrons. The number of carbonyl (C=O) groups excluding carboxylic acids is 1. The Morgan fingerprint density at radius 1 is 1.57 bits per heavy atom. The first kappa shape index (κ1) is 10.7. The lowest BCUT2D eigenvalue weighted by atomic mass is 10.2. The molecule has 1 aromatic rings. The summed E-state index contributed by atoms with van der Waals surface area (Å²) >= 11 is 0. The summed E-state index contributed by atoms with van der Waals surface area (Å²) in [5.41, 5.74) is -0.842. The van der Waals surface area contributed by atoms with E-state index < -0.39 is 17.8 Å². The van der Waals surface area contributed by atoms with E-state index in [2.05, 4.69) is 5.10 Å². The first-order valence-corrected chi connectivity index (χ1v) is 3.94. The van der Waals surface area contributed by atoms with Gasteiger partial charge in [-0.05, 0) is 13.8 Å². The third-order valence-corrected chi connectivity index (χ3v) is 1.91. The standard InChI is InChI=1S/C8H9F3N2O/c1-5(6(2)14)13-4-7(3-12-13)8(9,10)11/h3-5H,1-2H3. The molecule has 1 heterocycles. The lowest BCUT2D eigenvalue weighted by Gasteiger charge is -2.07. The van der Waals surface area contributed by atoms with Crippen LogP contribution >= 0.6 is 0 Å². The average Bonchev–Trinajstić information content (AvgIpc) is 2.49. The van der Waals surface area contributed by atoms with Gasteiger partial charge < -0.3 is 0 Å². The molecule has 0 amide bonds. The second-order valence-corrected chi connectivity index (χ2v) is 2.99. The van der Waals surface area contributed by atoms with Gasteiger partial charge in [-0.2, -0.15) is 18.3 Å². The maximum Gasteiger partial charge on any atom is 0.419 e. The minimum atomic E-state index is -4.41. The third-order valence-electron chi connectivity index (χ3n) is 1.91. The van der Waals surface area contributed by atoms with Crippen molar-refractivity contribution in [3.8, 4) is 0 Å². The van der Waals surface area contributed by atoms with Gasteiger partial charge in [0.2, 0.25) is 0 Å². The van der Waals surface area contributed by atoms with E-state index in [1.807, 2.05) is 0 Å². The highest BCUT2D eigenvalue weighted by atomic mass is 19.4. The Labute approximate surface area is 78.5 Å². The van der Waals surface area contributed by atoms with Crippen LogP contribution in [0.4, 0.5) is 13.2 Å². The van der Waals surface area contributed by atoms with Gasteiger partial charge in [-0.15, -0.1) is 0 Å². The van der Waals surface area contributed by atoms with Crippen molar-refractivity contribution in [1.82, 2.24) is 9.78 Å². The van der Waals surface area contributed by atoms with Crippen molar-refractivity contribution in [2.75, 3.05) is 0 Å². The average molecular weight is 206 g/mol. The van der Waals surface area contributed by atoms with Crippen LogP contribution in [0, 0.1) is 0 Å². The molecule has 0 N–H and O–H groups in total. The fraction of sp³-hybridized carbons (Fsp3) is 0.500. The van der Waals surface area contributed by atoms with Crippen LogP contribution in [0.15, 0.2) is 12.4 Å². The molecule has 1 atom stereocenters. The monoisotopic (exact) mass is 206 g/mol. The number of halogens is 3. The number of hydrogen-bond acceptors (Lipinski definition) is 2. The molecule has 14 heavy (non-hydrogen) atoms. The number of carbonyl (C=O) groups is 1. The first-order valence-electron chi connectivity index (χ1n) is 3.94. The molecule has 1 rings (SSSR count). The van der Waals surface area contributed by atoms with E-state index in [1.54, 1.807) is 0 Å². The van der Waals surface area contributed by atoms with Gasteiger partial charge in [0, 0.05) is 6.20 Å². The molecular formula is C8H9F3N2O. The van der Waals surface area contributed by atoms with Gasteiger partial charge in [0.1, 0.15) is 6.04 Å². The summed E-state index contributed by atoms with van der Waals surface area (Å²) in [6.45, 7) is 2.80. The van der Waals surface area contributed by atoms with Crippen molar-refractivity contribution in [1.29, 1.82) is 0 Å². The lowest BCUT2D eigenvalue weighted by molar-refractivity contribution is -0.137. The zero-order valence-electron chi connectivity index (χ0n) is 7.67. The number of rotatable bonds is 2. The second-order valence-electron chi connectivity index (χ2n) is 2.99. The lowest BCUT2D eigenvalue weighted by Crippen LogP contribution is -2.13. The fourth-order valence-corrected chi connectivity index (χ4v) is 0.882. The molecule has 6 heteroatoms. The molecule has 0 aliphatic rings. The molecule has 0 bridgehead atoms. The van der Waals surface area contributed by atoms with Crippen LogP contribution in [0.25, 0.3) is 0 Å². The van der Waals surface area contributed by atoms with E-state index in [4.69, 9.17) is 0 Å². The van der Waals surface area contributed by atoms with Gasteiger partial charge in [0.25, 0.3) is 0 Å². The van der Waals surface area contributed by atoms with Crippen LogP contribution in [-0.2, 0) is 11.0 Å². The summed E-state index contributed by atoms with van der Waals surface area (Å²) in [6.07, 6.45) is -2.87. The largest absolute Gasteiger partial charge is 0.419 e. The topological polar surface area (TPSA) is 34.9 Å². The summed E-state index contributed by atoms with van der Waals surface area (Å²) in [7, 11) is 0. The molecule has 0 radical (unpaired) electrons. The molecule has 3 nitrogen and oxygen atoms in total. The van der Waals surface area contributed by atoms with Crippen LogP contribution in [0.2, 0.25) is 0 Å². The van der Waals surface area contributed by atoms with Gasteiger partial charge in [-0.3, -0.25) is 9.48 Å². The minimum absolute atomic E-state index is 0.234. The Morgan fingerprint density at radius 2 is 2.14 bits per heavy atom. The van der Waals surface area contributed by atoms with Crippen molar-refractivity contribution in [2.45, 2.75) is 26.1 Å². The highest BCUT2D eigenvalue weighted by Gasteiger charge is 2.32. The SMILES string of the molecule is CC(=O)C(C)n1cc(C(F)(F)F)cn1. The Bertz CT molecular complexity index is 343. The first-order chi connectivity index (χ1) is 6.32. The highest BCUT2D eigenvalue weighted by Crippen LogP contribution is 2.29. The van der Waals surface area contributed by atoms with Crippen molar-refractivity contribution < 1.29 is 18.0 Å². The van der Waals surface area contributed by atoms with Crippen LogP contribution in [-0.4, -0.2) is 15.6 Å². The molecule has 0 aromatic carbocycles. The molecule has 0 spiro atoms. The van der Waals surface area contributed by atoms with Crippen LogP contribution in [0.5, 0.6) is 0 Å². The molecule has 0 aliphatic carbocycles. The van der Waals surface area contributed by atoms with Gasteiger partial charge in [0.15, 0.2) is 5.78 Å². The van der Waals surface area contributed by atoms with E-state index in [-0.39, 0.29) is 5.78 Å². The summed E-state index contributed by atoms with van der Waals surface area (Å²) < 4.78 is 37.4. The molecule has 0 fully saturated rings. The van der Waals surface area contributed by atoms with E-state index in [0.29, 0.717) is 6.20 Å². The molecule has 1 unspecified atom stereocenters. The zero-order valence-corrected chi connectivity index (χ0v) is 7.67. The molecular weight excluding hydrogens is 197 g/mol. The van der Waals surface area contributed by atoms with E-state index in [0.717, 1.165) is 10.9 Å². The van der Waals surface area contributed by atoms with Gasteiger partial charge >= 0.3 is 6.18 Å². The van der Waals surface area contributed by atoms with E-state index >= 15 is 0 Å². The smallest absolute Gasteiger partial charge is 0.298 e. The quantitative estimate of drug-likeness (QED) is 0.742. The Balaban J connectivity index is 2.94. The number of alkyl halides is 3. The number of ketones is 1. The summed E-state index contributed by atoms with van der Waals surface area (Å²) in [5, 5.41) is 3.48. The predicted octanol–water partition coefficient (Wildman–Crippen LogP) is 2.05. The maximum absolute atomic E-state index is 12.1. The predicted molar refractivity (Wildman–Crippen MR) is 42.6 cm³/mol. The Morgan fingerprint density at radius 3 is 2.50 bits per heavy atom. The van der Waals surface area contributed by atoms with Crippen LogP contribution < -0.4 is 0 Å². The van der Waals surface area contributed by atoms with Crippen molar-refractivity contribution in [3.05, 3.63) is 18.0 Å². The third kappa shape index (κ3) is 2.12. The van der Waals surface area contributed by atoms with Crippen molar-refractivity contribution >= 4 is 5.78 Å². The Kier molecular flexibility index (Phi) is 2.64. The molecule has 0 saturated carbocycles. The molecule has 0 aliphatic heterocycles. The Hall–Kier alpha value is -1.33.